The maximum absolute atomic E-state index is 9.39. The monoisotopic (exact) mass is 236 g/mol. The predicted octanol–water partition coefficient (Wildman–Crippen LogP) is 1.10. The lowest BCUT2D eigenvalue weighted by molar-refractivity contribution is 0.0755. The largest absolute Gasteiger partial charge is 0.492 e. The van der Waals surface area contributed by atoms with E-state index in [1.165, 1.54) is 0 Å². The molecule has 4 nitrogen and oxygen atoms in total. The molecule has 0 spiro atoms. The molecule has 17 heavy (non-hydrogen) atoms. The number of nitrogens with two attached hydrogens (primary N) is 1. The number of nitrogen functional groups attached to an aromatic ring is 1. The summed E-state index contributed by atoms with van der Waals surface area (Å²) in [6.45, 7) is 3.52. The van der Waals surface area contributed by atoms with Gasteiger partial charge in [-0.1, -0.05) is 0 Å². The Hall–Kier alpha value is -1.26. The van der Waals surface area contributed by atoms with Crippen molar-refractivity contribution in [2.45, 2.75) is 18.9 Å². The van der Waals surface area contributed by atoms with E-state index in [1.807, 2.05) is 24.3 Å². The second kappa shape index (κ2) is 5.89. The second-order valence-electron chi connectivity index (χ2n) is 4.49. The number of aliphatic hydroxyl groups excluding tert-OH is 1. The Bertz CT molecular complexity index is 332. The van der Waals surface area contributed by atoms with E-state index in [2.05, 4.69) is 4.90 Å². The lowest BCUT2D eigenvalue weighted by Crippen LogP contribution is -2.38. The van der Waals surface area contributed by atoms with Crippen molar-refractivity contribution in [1.82, 2.24) is 4.90 Å². The summed E-state index contributed by atoms with van der Waals surface area (Å²) < 4.78 is 5.63. The Morgan fingerprint density at radius 1 is 1.24 bits per heavy atom. The summed E-state index contributed by atoms with van der Waals surface area (Å²) >= 11 is 0. The highest BCUT2D eigenvalue weighted by molar-refractivity contribution is 5.41. The van der Waals surface area contributed by atoms with Gasteiger partial charge in [0.15, 0.2) is 0 Å². The highest BCUT2D eigenvalue weighted by Crippen LogP contribution is 2.13. The molecule has 0 aromatic heterocycles. The van der Waals surface area contributed by atoms with Gasteiger partial charge >= 0.3 is 0 Å². The summed E-state index contributed by atoms with van der Waals surface area (Å²) in [5.74, 6) is 0.858. The van der Waals surface area contributed by atoms with Crippen LogP contribution in [0.5, 0.6) is 5.75 Å². The van der Waals surface area contributed by atoms with Crippen LogP contribution in [0.25, 0.3) is 0 Å². The van der Waals surface area contributed by atoms with E-state index in [-0.39, 0.29) is 6.10 Å². The summed E-state index contributed by atoms with van der Waals surface area (Å²) in [6.07, 6.45) is 1.65. The summed E-state index contributed by atoms with van der Waals surface area (Å²) in [6, 6.07) is 7.45. The van der Waals surface area contributed by atoms with Gasteiger partial charge in [0.1, 0.15) is 12.4 Å². The third kappa shape index (κ3) is 3.91. The third-order valence-corrected chi connectivity index (χ3v) is 3.11. The van der Waals surface area contributed by atoms with Crippen molar-refractivity contribution in [2.75, 3.05) is 32.0 Å². The molecule has 1 aliphatic rings. The quantitative estimate of drug-likeness (QED) is 0.769. The molecule has 0 saturated carbocycles. The van der Waals surface area contributed by atoms with Gasteiger partial charge < -0.3 is 15.6 Å². The Morgan fingerprint density at radius 3 is 2.53 bits per heavy atom. The average molecular weight is 236 g/mol. The van der Waals surface area contributed by atoms with Crippen LogP contribution in [0.3, 0.4) is 0 Å². The van der Waals surface area contributed by atoms with E-state index >= 15 is 0 Å². The van der Waals surface area contributed by atoms with Crippen molar-refractivity contribution in [1.29, 1.82) is 0 Å². The molecule has 1 aromatic rings. The maximum atomic E-state index is 9.39. The van der Waals surface area contributed by atoms with E-state index in [0.717, 1.165) is 43.9 Å². The number of hydrogen-bond donors (Lipinski definition) is 2. The van der Waals surface area contributed by atoms with Crippen LogP contribution in [-0.4, -0.2) is 42.4 Å². The van der Waals surface area contributed by atoms with Gasteiger partial charge in [-0.2, -0.15) is 0 Å². The van der Waals surface area contributed by atoms with Crippen LogP contribution in [0.1, 0.15) is 12.8 Å². The number of benzene rings is 1. The number of ether oxygens (including phenoxy) is 1. The summed E-state index contributed by atoms with van der Waals surface area (Å²) in [4.78, 5) is 2.32. The Morgan fingerprint density at radius 2 is 1.88 bits per heavy atom. The van der Waals surface area contributed by atoms with Crippen LogP contribution >= 0.6 is 0 Å². The predicted molar refractivity (Wildman–Crippen MR) is 68.0 cm³/mol. The first-order valence-electron chi connectivity index (χ1n) is 6.13. The number of nitrogens with zero attached hydrogens (tertiary/aromatic N) is 1. The van der Waals surface area contributed by atoms with E-state index in [0.29, 0.717) is 6.61 Å². The van der Waals surface area contributed by atoms with Gasteiger partial charge in [0.2, 0.25) is 0 Å². The molecular formula is C13H20N2O2. The molecule has 0 amide bonds. The molecule has 0 atom stereocenters. The topological polar surface area (TPSA) is 58.7 Å². The number of piperidine rings is 1. The number of likely N-dealkylation sites (tertiary alicyclic amines) is 1. The average Bonchev–Trinajstić information content (AvgIpc) is 2.34. The molecule has 2 rings (SSSR count). The first-order valence-corrected chi connectivity index (χ1v) is 6.13. The number of hydrogen-bond acceptors (Lipinski definition) is 4. The molecule has 0 unspecified atom stereocenters. The van der Waals surface area contributed by atoms with Crippen LogP contribution < -0.4 is 10.5 Å². The molecule has 4 heteroatoms. The molecule has 1 heterocycles. The minimum Gasteiger partial charge on any atom is -0.492 e. The molecule has 0 radical (unpaired) electrons. The minimum atomic E-state index is -0.107. The Kier molecular flexibility index (Phi) is 4.23. The zero-order valence-electron chi connectivity index (χ0n) is 10.0. The fourth-order valence-electron chi connectivity index (χ4n) is 2.00. The number of aliphatic hydroxyl groups is 1. The van der Waals surface area contributed by atoms with Crippen molar-refractivity contribution >= 4 is 5.69 Å². The van der Waals surface area contributed by atoms with E-state index in [4.69, 9.17) is 10.5 Å². The molecule has 0 bridgehead atoms. The van der Waals surface area contributed by atoms with E-state index < -0.39 is 0 Å². The van der Waals surface area contributed by atoms with Gasteiger partial charge in [0.25, 0.3) is 0 Å². The van der Waals surface area contributed by atoms with Crippen molar-refractivity contribution in [3.05, 3.63) is 24.3 Å². The van der Waals surface area contributed by atoms with Gasteiger partial charge in [0.05, 0.1) is 6.10 Å². The summed E-state index contributed by atoms with van der Waals surface area (Å²) in [5.41, 5.74) is 6.35. The van der Waals surface area contributed by atoms with Crippen molar-refractivity contribution in [2.24, 2.45) is 0 Å². The third-order valence-electron chi connectivity index (χ3n) is 3.11. The van der Waals surface area contributed by atoms with Crippen LogP contribution in [0, 0.1) is 0 Å². The first-order chi connectivity index (χ1) is 8.24. The Balaban J connectivity index is 1.67. The highest BCUT2D eigenvalue weighted by Gasteiger charge is 2.16. The van der Waals surface area contributed by atoms with E-state index in [1.54, 1.807) is 0 Å². The number of rotatable bonds is 4. The summed E-state index contributed by atoms with van der Waals surface area (Å²) in [7, 11) is 0. The van der Waals surface area contributed by atoms with Crippen molar-refractivity contribution in [3.8, 4) is 5.75 Å². The normalized spacial score (nSPS) is 18.2. The molecular weight excluding hydrogens is 216 g/mol. The zero-order chi connectivity index (χ0) is 12.1. The zero-order valence-corrected chi connectivity index (χ0v) is 10.0. The molecule has 1 fully saturated rings. The van der Waals surface area contributed by atoms with Gasteiger partial charge in [-0.25, -0.2) is 0 Å². The van der Waals surface area contributed by atoms with Gasteiger partial charge in [-0.3, -0.25) is 4.90 Å². The highest BCUT2D eigenvalue weighted by atomic mass is 16.5. The van der Waals surface area contributed by atoms with Gasteiger partial charge in [-0.15, -0.1) is 0 Å². The van der Waals surface area contributed by atoms with Crippen LogP contribution in [0.2, 0.25) is 0 Å². The SMILES string of the molecule is Nc1ccc(OCCN2CCC(O)CC2)cc1. The fraction of sp³-hybridized carbons (Fsp3) is 0.538. The van der Waals surface area contributed by atoms with Crippen LogP contribution in [-0.2, 0) is 0 Å². The first kappa shape index (κ1) is 12.2. The molecule has 1 saturated heterocycles. The van der Waals surface area contributed by atoms with Crippen molar-refractivity contribution < 1.29 is 9.84 Å². The molecule has 0 aliphatic carbocycles. The van der Waals surface area contributed by atoms with Gasteiger partial charge in [-0.05, 0) is 37.1 Å². The summed E-state index contributed by atoms with van der Waals surface area (Å²) in [5, 5.41) is 9.39. The molecule has 3 N–H and O–H groups in total. The molecule has 94 valence electrons. The van der Waals surface area contributed by atoms with Crippen molar-refractivity contribution in [3.63, 3.8) is 0 Å². The lowest BCUT2D eigenvalue weighted by Gasteiger charge is -2.29. The van der Waals surface area contributed by atoms with Crippen LogP contribution in [0.15, 0.2) is 24.3 Å². The van der Waals surface area contributed by atoms with E-state index in [9.17, 15) is 5.11 Å². The lowest BCUT2D eigenvalue weighted by atomic mass is 10.1. The molecule has 1 aliphatic heterocycles. The molecule has 1 aromatic carbocycles. The second-order valence-corrected chi connectivity index (χ2v) is 4.49. The smallest absolute Gasteiger partial charge is 0.119 e. The fourth-order valence-corrected chi connectivity index (χ4v) is 2.00. The number of anilines is 1. The standard InChI is InChI=1S/C13H20N2O2/c14-11-1-3-13(4-2-11)17-10-9-15-7-5-12(16)6-8-15/h1-4,12,16H,5-10,14H2. The Labute approximate surface area is 102 Å². The van der Waals surface area contributed by atoms with Crippen LogP contribution in [0.4, 0.5) is 5.69 Å². The van der Waals surface area contributed by atoms with Gasteiger partial charge in [0, 0.05) is 25.3 Å². The minimum absolute atomic E-state index is 0.107. The maximum Gasteiger partial charge on any atom is 0.119 e.